The molecule has 4 nitrogen and oxygen atoms in total. The van der Waals surface area contributed by atoms with Gasteiger partial charge < -0.3 is 1.43 Å². The Morgan fingerprint density at radius 1 is 1.89 bits per heavy atom. The van der Waals surface area contributed by atoms with E-state index in [4.69, 9.17) is 0 Å². The molecule has 0 spiro atoms. The van der Waals surface area contributed by atoms with Crippen LogP contribution < -0.4 is 29.6 Å². The molecule has 0 atom stereocenters. The van der Waals surface area contributed by atoms with Crippen molar-refractivity contribution in [3.05, 3.63) is 4.77 Å². The van der Waals surface area contributed by atoms with E-state index in [-0.39, 0.29) is 31.0 Å². The van der Waals surface area contributed by atoms with Crippen molar-refractivity contribution in [3.8, 4) is 0 Å². The van der Waals surface area contributed by atoms with Gasteiger partial charge in [-0.25, -0.2) is 0 Å². The number of H-pyrrole nitrogens is 1. The first-order valence-electron chi connectivity index (χ1n) is 2.32. The number of nitrogens with zero attached hydrogens (tertiary/aromatic N) is 3. The Bertz CT molecular complexity index is 220. The van der Waals surface area contributed by atoms with Crippen molar-refractivity contribution in [1.82, 2.24) is 20.2 Å². The van der Waals surface area contributed by atoms with Crippen LogP contribution in [0.15, 0.2) is 0 Å². The molecule has 0 radical (unpaired) electrons. The van der Waals surface area contributed by atoms with Gasteiger partial charge in [0, 0.05) is 0 Å². The molecular formula is C3H7N4NaS. The summed E-state index contributed by atoms with van der Waals surface area (Å²) in [6.45, 7) is 2.74. The zero-order valence-corrected chi connectivity index (χ0v) is 8.27. The van der Waals surface area contributed by atoms with E-state index in [1.54, 1.807) is 4.80 Å². The number of aryl methyl sites for hydroxylation is 1. The fourth-order valence-corrected chi connectivity index (χ4v) is 0.534. The summed E-state index contributed by atoms with van der Waals surface area (Å²) < 4.78 is 0.437. The van der Waals surface area contributed by atoms with Crippen LogP contribution in [-0.2, 0) is 6.54 Å². The van der Waals surface area contributed by atoms with Gasteiger partial charge in [0.25, 0.3) is 0 Å². The summed E-state index contributed by atoms with van der Waals surface area (Å²) >= 11 is 4.65. The number of nitrogens with one attached hydrogen (secondary N) is 1. The molecule has 0 aliphatic heterocycles. The maximum Gasteiger partial charge on any atom is 1.00 e. The Balaban J connectivity index is 0. The molecule has 0 bridgehead atoms. The third-order valence-corrected chi connectivity index (χ3v) is 0.941. The van der Waals surface area contributed by atoms with Gasteiger partial charge in [0.15, 0.2) is 0 Å². The quantitative estimate of drug-likeness (QED) is 0.358. The van der Waals surface area contributed by atoms with Crippen LogP contribution in [0.1, 0.15) is 8.35 Å². The summed E-state index contributed by atoms with van der Waals surface area (Å²) in [5.41, 5.74) is 0. The van der Waals surface area contributed by atoms with Gasteiger partial charge in [0.1, 0.15) is 0 Å². The molecule has 1 aromatic heterocycles. The van der Waals surface area contributed by atoms with Crippen LogP contribution in [0.3, 0.4) is 0 Å². The predicted molar refractivity (Wildman–Crippen MR) is 32.0 cm³/mol. The van der Waals surface area contributed by atoms with Crippen molar-refractivity contribution < 1.29 is 31.0 Å². The molecule has 0 aliphatic carbocycles. The van der Waals surface area contributed by atoms with Gasteiger partial charge in [-0.3, -0.25) is 5.10 Å². The molecular weight excluding hydrogens is 147 g/mol. The Morgan fingerprint density at radius 2 is 2.56 bits per heavy atom. The second-order valence-electron chi connectivity index (χ2n) is 1.32. The molecule has 1 N–H and O–H groups in total. The average molecular weight is 154 g/mol. The van der Waals surface area contributed by atoms with Crippen molar-refractivity contribution in [2.45, 2.75) is 13.5 Å². The van der Waals surface area contributed by atoms with Crippen molar-refractivity contribution >= 4 is 12.2 Å². The van der Waals surface area contributed by atoms with Crippen molar-refractivity contribution in [2.75, 3.05) is 0 Å². The first-order valence-corrected chi connectivity index (χ1v) is 2.73. The largest absolute Gasteiger partial charge is 1.00 e. The zero-order valence-electron chi connectivity index (χ0n) is 6.46. The fraction of sp³-hybridized carbons (Fsp3) is 0.667. The van der Waals surface area contributed by atoms with E-state index in [0.29, 0.717) is 4.77 Å². The van der Waals surface area contributed by atoms with E-state index in [1.165, 1.54) is 0 Å². The van der Waals surface area contributed by atoms with Crippen LogP contribution in [-0.4, -0.2) is 20.2 Å². The number of aromatic nitrogens is 4. The minimum atomic E-state index is 0. The molecule has 1 heterocycles. The van der Waals surface area contributed by atoms with E-state index in [9.17, 15) is 0 Å². The normalized spacial score (nSPS) is 8.56. The number of hydrogen-bond donors (Lipinski definition) is 1. The molecule has 0 saturated heterocycles. The maximum absolute atomic E-state index is 4.65. The van der Waals surface area contributed by atoms with E-state index in [0.717, 1.165) is 6.54 Å². The SMILES string of the molecule is CCn1nnc(=S)[nH]1.[H-].[Na+]. The summed E-state index contributed by atoms with van der Waals surface area (Å²) in [5.74, 6) is 0. The summed E-state index contributed by atoms with van der Waals surface area (Å²) in [5, 5.41) is 9.94. The fourth-order valence-electron chi connectivity index (χ4n) is 0.392. The summed E-state index contributed by atoms with van der Waals surface area (Å²) in [6, 6.07) is 0. The molecule has 1 rings (SSSR count). The smallest absolute Gasteiger partial charge is 1.00 e. The Kier molecular flexibility index (Phi) is 4.29. The van der Waals surface area contributed by atoms with Crippen LogP contribution in [0.25, 0.3) is 0 Å². The van der Waals surface area contributed by atoms with Crippen LogP contribution in [0, 0.1) is 4.77 Å². The number of rotatable bonds is 1. The average Bonchev–Trinajstić information content (AvgIpc) is 2.14. The predicted octanol–water partition coefficient (Wildman–Crippen LogP) is -2.53. The molecule has 46 valence electrons. The number of tetrazole rings is 1. The van der Waals surface area contributed by atoms with Crippen LogP contribution in [0.4, 0.5) is 0 Å². The first-order chi connectivity index (χ1) is 3.83. The van der Waals surface area contributed by atoms with Crippen molar-refractivity contribution in [2.24, 2.45) is 0 Å². The molecule has 0 aliphatic rings. The molecule has 0 saturated carbocycles. The van der Waals surface area contributed by atoms with Gasteiger partial charge in [-0.2, -0.15) is 4.80 Å². The van der Waals surface area contributed by atoms with Crippen LogP contribution in [0.2, 0.25) is 0 Å². The number of hydrogen-bond acceptors (Lipinski definition) is 3. The van der Waals surface area contributed by atoms with E-state index in [1.807, 2.05) is 6.92 Å². The third-order valence-electron chi connectivity index (χ3n) is 0.768. The Hall–Kier alpha value is 0.290. The van der Waals surface area contributed by atoms with Crippen LogP contribution >= 0.6 is 12.2 Å². The van der Waals surface area contributed by atoms with Crippen LogP contribution in [0.5, 0.6) is 0 Å². The van der Waals surface area contributed by atoms with Gasteiger partial charge in [0.05, 0.1) is 6.54 Å². The zero-order chi connectivity index (χ0) is 5.98. The van der Waals surface area contributed by atoms with Gasteiger partial charge in [-0.15, -0.1) is 0 Å². The van der Waals surface area contributed by atoms with Crippen molar-refractivity contribution in [3.63, 3.8) is 0 Å². The van der Waals surface area contributed by atoms with E-state index in [2.05, 4.69) is 27.6 Å². The van der Waals surface area contributed by atoms with Gasteiger partial charge >= 0.3 is 29.6 Å². The molecule has 6 heteroatoms. The molecule has 0 amide bonds. The summed E-state index contributed by atoms with van der Waals surface area (Å²) in [4.78, 5) is 1.57. The minimum Gasteiger partial charge on any atom is -1.00 e. The first kappa shape index (κ1) is 9.29. The Morgan fingerprint density at radius 3 is 2.78 bits per heavy atom. The van der Waals surface area contributed by atoms with E-state index < -0.39 is 0 Å². The van der Waals surface area contributed by atoms with Gasteiger partial charge in [0.2, 0.25) is 4.77 Å². The molecule has 0 aromatic carbocycles. The molecule has 9 heavy (non-hydrogen) atoms. The summed E-state index contributed by atoms with van der Waals surface area (Å²) in [7, 11) is 0. The minimum absolute atomic E-state index is 0. The monoisotopic (exact) mass is 154 g/mol. The summed E-state index contributed by atoms with van der Waals surface area (Å²) in [6.07, 6.45) is 0. The maximum atomic E-state index is 4.65. The second-order valence-corrected chi connectivity index (χ2v) is 1.71. The van der Waals surface area contributed by atoms with Gasteiger partial charge in [-0.1, -0.05) is 5.10 Å². The molecule has 0 fully saturated rings. The third kappa shape index (κ3) is 2.57. The van der Waals surface area contributed by atoms with E-state index >= 15 is 0 Å². The second kappa shape index (κ2) is 4.16. The van der Waals surface area contributed by atoms with Crippen molar-refractivity contribution in [1.29, 1.82) is 0 Å². The standard InChI is InChI=1S/C3H6N4S.Na.H/c1-2-7-5-3(8)4-6-7;;/h2H2,1H3,(H,5,8);;/q;+1;-1. The van der Waals surface area contributed by atoms with Gasteiger partial charge in [-0.05, 0) is 24.4 Å². The molecule has 0 unspecified atom stereocenters. The molecule has 1 aromatic rings. The topological polar surface area (TPSA) is 46.5 Å². The Labute approximate surface area is 81.4 Å². The number of aromatic amines is 1.